The summed E-state index contributed by atoms with van der Waals surface area (Å²) in [5.41, 5.74) is 4.96. The van der Waals surface area contributed by atoms with Crippen molar-refractivity contribution >= 4 is 11.7 Å². The van der Waals surface area contributed by atoms with Gasteiger partial charge in [0.1, 0.15) is 11.5 Å². The van der Waals surface area contributed by atoms with Gasteiger partial charge in [0.2, 0.25) is 11.8 Å². The Morgan fingerprint density at radius 3 is 2.21 bits per heavy atom. The van der Waals surface area contributed by atoms with E-state index >= 15 is 0 Å². The van der Waals surface area contributed by atoms with Gasteiger partial charge in [-0.25, -0.2) is 4.98 Å². The van der Waals surface area contributed by atoms with Crippen LogP contribution in [0.1, 0.15) is 34.6 Å². The van der Waals surface area contributed by atoms with E-state index in [-0.39, 0.29) is 24.5 Å². The van der Waals surface area contributed by atoms with E-state index in [4.69, 9.17) is 4.42 Å². The molecule has 3 aromatic rings. The lowest BCUT2D eigenvalue weighted by Gasteiger charge is -2.05. The Balaban J connectivity index is 1.49. The van der Waals surface area contributed by atoms with Crippen molar-refractivity contribution in [1.29, 1.82) is 0 Å². The lowest BCUT2D eigenvalue weighted by molar-refractivity contribution is -0.127. The number of Topliss-reactive ketones (excluding diaryl/α,β-unsaturated/α-hetero) is 1. The largest absolute Gasteiger partial charge is 0.441 e. The minimum Gasteiger partial charge on any atom is -0.441 e. The van der Waals surface area contributed by atoms with E-state index in [2.05, 4.69) is 10.3 Å². The summed E-state index contributed by atoms with van der Waals surface area (Å²) >= 11 is 0. The third-order valence-corrected chi connectivity index (χ3v) is 4.77. The SMILES string of the molecule is Cc1ccc(CCNC(=O)CC(=O)Cc2nc(-c3ccc(C)cc3)oc2C)cc1. The van der Waals surface area contributed by atoms with E-state index < -0.39 is 0 Å². The van der Waals surface area contributed by atoms with Gasteiger partial charge >= 0.3 is 0 Å². The molecule has 5 heteroatoms. The summed E-state index contributed by atoms with van der Waals surface area (Å²) in [5, 5.41) is 2.81. The van der Waals surface area contributed by atoms with Crippen molar-refractivity contribution in [1.82, 2.24) is 10.3 Å². The van der Waals surface area contributed by atoms with E-state index in [0.717, 1.165) is 23.1 Å². The number of nitrogens with one attached hydrogen (secondary N) is 1. The number of benzene rings is 2. The number of aryl methyl sites for hydroxylation is 3. The molecular formula is C24H26N2O3. The summed E-state index contributed by atoms with van der Waals surface area (Å²) in [7, 11) is 0. The lowest BCUT2D eigenvalue weighted by Crippen LogP contribution is -2.28. The van der Waals surface area contributed by atoms with Crippen molar-refractivity contribution in [2.45, 2.75) is 40.0 Å². The maximum Gasteiger partial charge on any atom is 0.227 e. The Morgan fingerprint density at radius 1 is 0.931 bits per heavy atom. The first-order valence-corrected chi connectivity index (χ1v) is 9.78. The van der Waals surface area contributed by atoms with Gasteiger partial charge in [-0.15, -0.1) is 0 Å². The molecule has 0 aliphatic carbocycles. The molecule has 0 unspecified atom stereocenters. The number of carbonyl (C=O) groups is 2. The minimum atomic E-state index is -0.262. The normalized spacial score (nSPS) is 10.7. The number of hydrogen-bond donors (Lipinski definition) is 1. The highest BCUT2D eigenvalue weighted by Crippen LogP contribution is 2.22. The zero-order valence-corrected chi connectivity index (χ0v) is 17.1. The van der Waals surface area contributed by atoms with Gasteiger partial charge in [-0.2, -0.15) is 0 Å². The summed E-state index contributed by atoms with van der Waals surface area (Å²) < 4.78 is 5.70. The predicted molar refractivity (Wildman–Crippen MR) is 113 cm³/mol. The summed E-state index contributed by atoms with van der Waals surface area (Å²) in [6.07, 6.45) is 0.676. The van der Waals surface area contributed by atoms with Crippen LogP contribution in [0.5, 0.6) is 0 Å². The van der Waals surface area contributed by atoms with Crippen LogP contribution in [0, 0.1) is 20.8 Å². The van der Waals surface area contributed by atoms with Crippen LogP contribution in [-0.4, -0.2) is 23.2 Å². The van der Waals surface area contributed by atoms with Crippen LogP contribution in [-0.2, 0) is 22.4 Å². The van der Waals surface area contributed by atoms with Crippen molar-refractivity contribution in [3.63, 3.8) is 0 Å². The van der Waals surface area contributed by atoms with Gasteiger partial charge in [-0.05, 0) is 44.9 Å². The van der Waals surface area contributed by atoms with Crippen LogP contribution in [0.25, 0.3) is 11.5 Å². The monoisotopic (exact) mass is 390 g/mol. The molecule has 0 fully saturated rings. The van der Waals surface area contributed by atoms with Crippen molar-refractivity contribution < 1.29 is 14.0 Å². The molecule has 29 heavy (non-hydrogen) atoms. The maximum absolute atomic E-state index is 12.3. The quantitative estimate of drug-likeness (QED) is 0.587. The topological polar surface area (TPSA) is 72.2 Å². The average Bonchev–Trinajstić information content (AvgIpc) is 3.04. The molecule has 0 aliphatic heterocycles. The second-order valence-corrected chi connectivity index (χ2v) is 7.37. The van der Waals surface area contributed by atoms with E-state index in [9.17, 15) is 9.59 Å². The molecule has 0 spiro atoms. The zero-order chi connectivity index (χ0) is 20.8. The van der Waals surface area contributed by atoms with Gasteiger partial charge in [0.05, 0.1) is 18.5 Å². The number of carbonyl (C=O) groups excluding carboxylic acids is 2. The first kappa shape index (κ1) is 20.5. The number of nitrogens with zero attached hydrogens (tertiary/aromatic N) is 1. The summed E-state index contributed by atoms with van der Waals surface area (Å²) in [6, 6.07) is 16.0. The van der Waals surface area contributed by atoms with Gasteiger partial charge in [0.15, 0.2) is 0 Å². The van der Waals surface area contributed by atoms with Crippen molar-refractivity contribution in [3.8, 4) is 11.5 Å². The smallest absolute Gasteiger partial charge is 0.227 e. The fourth-order valence-electron chi connectivity index (χ4n) is 3.00. The van der Waals surface area contributed by atoms with Gasteiger partial charge in [0, 0.05) is 12.1 Å². The Labute approximate surface area is 171 Å². The second-order valence-electron chi connectivity index (χ2n) is 7.37. The van der Waals surface area contributed by atoms with E-state index in [0.29, 0.717) is 23.9 Å². The van der Waals surface area contributed by atoms with Crippen LogP contribution >= 0.6 is 0 Å². The number of ketones is 1. The van der Waals surface area contributed by atoms with Gasteiger partial charge < -0.3 is 9.73 Å². The Bertz CT molecular complexity index is 986. The van der Waals surface area contributed by atoms with Crippen molar-refractivity contribution in [2.24, 2.45) is 0 Å². The highest BCUT2D eigenvalue weighted by molar-refractivity contribution is 5.98. The third-order valence-electron chi connectivity index (χ3n) is 4.77. The molecule has 1 amide bonds. The van der Waals surface area contributed by atoms with Crippen LogP contribution in [0.15, 0.2) is 52.9 Å². The lowest BCUT2D eigenvalue weighted by atomic mass is 10.1. The second kappa shape index (κ2) is 9.32. The molecule has 0 saturated heterocycles. The fourth-order valence-corrected chi connectivity index (χ4v) is 3.00. The molecule has 150 valence electrons. The maximum atomic E-state index is 12.3. The van der Waals surface area contributed by atoms with Crippen molar-refractivity contribution in [2.75, 3.05) is 6.54 Å². The first-order valence-electron chi connectivity index (χ1n) is 9.78. The first-order chi connectivity index (χ1) is 13.9. The summed E-state index contributed by atoms with van der Waals surface area (Å²) in [6.45, 7) is 6.35. The Morgan fingerprint density at radius 2 is 1.55 bits per heavy atom. The van der Waals surface area contributed by atoms with Crippen LogP contribution in [0.2, 0.25) is 0 Å². The van der Waals surface area contributed by atoms with E-state index in [1.54, 1.807) is 6.92 Å². The number of amides is 1. The molecule has 0 bridgehead atoms. The number of rotatable bonds is 8. The molecule has 1 N–H and O–H groups in total. The molecule has 5 nitrogen and oxygen atoms in total. The molecule has 1 aromatic heterocycles. The molecule has 0 radical (unpaired) electrons. The molecule has 1 heterocycles. The molecule has 0 saturated carbocycles. The molecule has 0 atom stereocenters. The zero-order valence-electron chi connectivity index (χ0n) is 17.1. The number of hydrogen-bond acceptors (Lipinski definition) is 4. The number of aromatic nitrogens is 1. The Kier molecular flexibility index (Phi) is 6.60. The minimum absolute atomic E-state index is 0.0899. The number of oxazole rings is 1. The third kappa shape index (κ3) is 5.88. The Hall–Kier alpha value is -3.21. The van der Waals surface area contributed by atoms with Crippen LogP contribution < -0.4 is 5.32 Å². The fraction of sp³-hybridized carbons (Fsp3) is 0.292. The summed E-state index contributed by atoms with van der Waals surface area (Å²) in [5.74, 6) is 0.660. The predicted octanol–water partition coefficient (Wildman–Crippen LogP) is 4.13. The molecular weight excluding hydrogens is 364 g/mol. The molecule has 3 rings (SSSR count). The molecule has 2 aromatic carbocycles. The van der Waals surface area contributed by atoms with Crippen LogP contribution in [0.4, 0.5) is 0 Å². The standard InChI is InChI=1S/C24H26N2O3/c1-16-4-8-19(9-5-16)12-13-25-23(28)15-21(27)14-22-18(3)29-24(26-22)20-10-6-17(2)7-11-20/h4-11H,12-15H2,1-3H3,(H,25,28). The molecule has 0 aliphatic rings. The highest BCUT2D eigenvalue weighted by Gasteiger charge is 2.16. The van der Waals surface area contributed by atoms with Crippen molar-refractivity contribution in [3.05, 3.63) is 76.7 Å². The van der Waals surface area contributed by atoms with E-state index in [1.165, 1.54) is 5.56 Å². The van der Waals surface area contributed by atoms with Crippen LogP contribution in [0.3, 0.4) is 0 Å². The van der Waals surface area contributed by atoms with Gasteiger partial charge in [-0.1, -0.05) is 47.5 Å². The summed E-state index contributed by atoms with van der Waals surface area (Å²) in [4.78, 5) is 28.8. The van der Waals surface area contributed by atoms with Gasteiger partial charge in [-0.3, -0.25) is 9.59 Å². The van der Waals surface area contributed by atoms with E-state index in [1.807, 2.05) is 62.4 Å². The average molecular weight is 390 g/mol. The highest BCUT2D eigenvalue weighted by atomic mass is 16.4. The van der Waals surface area contributed by atoms with Gasteiger partial charge in [0.25, 0.3) is 0 Å².